The van der Waals surface area contributed by atoms with Crippen molar-refractivity contribution >= 4 is 33.4 Å². The lowest BCUT2D eigenvalue weighted by atomic mass is 10.6. The Bertz CT molecular complexity index is 461. The minimum atomic E-state index is -0.170. The van der Waals surface area contributed by atoms with Gasteiger partial charge < -0.3 is 4.98 Å². The Labute approximate surface area is 76.1 Å². The molecule has 0 radical (unpaired) electrons. The highest BCUT2D eigenvalue weighted by Gasteiger charge is 2.05. The Hall–Kier alpha value is -0.880. The molecule has 2 aromatic rings. The van der Waals surface area contributed by atoms with Crippen molar-refractivity contribution in [2.75, 3.05) is 6.26 Å². The zero-order chi connectivity index (χ0) is 8.55. The van der Waals surface area contributed by atoms with E-state index in [0.29, 0.717) is 10.3 Å². The minimum absolute atomic E-state index is 0.170. The van der Waals surface area contributed by atoms with Gasteiger partial charge in [-0.25, -0.2) is 9.97 Å². The van der Waals surface area contributed by atoms with E-state index in [-0.39, 0.29) is 5.56 Å². The van der Waals surface area contributed by atoms with E-state index in [9.17, 15) is 4.79 Å². The number of aromatic nitrogens is 3. The number of thiazole rings is 1. The molecule has 0 unspecified atom stereocenters. The summed E-state index contributed by atoms with van der Waals surface area (Å²) in [6, 6.07) is 0. The van der Waals surface area contributed by atoms with Gasteiger partial charge in [-0.1, -0.05) is 23.1 Å². The minimum Gasteiger partial charge on any atom is -0.311 e. The Kier molecular flexibility index (Phi) is 1.86. The van der Waals surface area contributed by atoms with Crippen LogP contribution in [0.3, 0.4) is 0 Å². The lowest BCUT2D eigenvalue weighted by molar-refractivity contribution is 1.15. The molecule has 2 heterocycles. The van der Waals surface area contributed by atoms with Gasteiger partial charge in [-0.2, -0.15) is 0 Å². The van der Waals surface area contributed by atoms with Crippen molar-refractivity contribution in [2.24, 2.45) is 0 Å². The van der Waals surface area contributed by atoms with E-state index in [1.807, 2.05) is 6.26 Å². The molecule has 0 saturated carbocycles. The molecule has 62 valence electrons. The lowest BCUT2D eigenvalue weighted by Crippen LogP contribution is -2.05. The Balaban J connectivity index is 2.83. The maximum absolute atomic E-state index is 11.1. The summed E-state index contributed by atoms with van der Waals surface area (Å²) in [5, 5.41) is 0. The number of H-pyrrole nitrogens is 1. The highest BCUT2D eigenvalue weighted by atomic mass is 32.2. The monoisotopic (exact) mass is 199 g/mol. The normalized spacial score (nSPS) is 10.8. The SMILES string of the molecule is CSc1nc2c(=O)[nH]cnc2s1. The average Bonchev–Trinajstić information content (AvgIpc) is 2.49. The van der Waals surface area contributed by atoms with Gasteiger partial charge in [0.05, 0.1) is 6.33 Å². The first-order chi connectivity index (χ1) is 5.81. The number of hydrogen-bond donors (Lipinski definition) is 1. The molecule has 0 aliphatic rings. The maximum Gasteiger partial charge on any atom is 0.278 e. The molecule has 0 amide bonds. The highest BCUT2D eigenvalue weighted by Crippen LogP contribution is 2.23. The molecule has 4 nitrogen and oxygen atoms in total. The molecular weight excluding hydrogens is 194 g/mol. The van der Waals surface area contributed by atoms with Crippen molar-refractivity contribution in [1.29, 1.82) is 0 Å². The van der Waals surface area contributed by atoms with Crippen LogP contribution in [0.15, 0.2) is 15.5 Å². The van der Waals surface area contributed by atoms with E-state index in [1.165, 1.54) is 29.4 Å². The molecule has 6 heteroatoms. The summed E-state index contributed by atoms with van der Waals surface area (Å²) >= 11 is 2.95. The molecule has 0 atom stereocenters. The largest absolute Gasteiger partial charge is 0.311 e. The molecule has 0 aromatic carbocycles. The van der Waals surface area contributed by atoms with Crippen LogP contribution < -0.4 is 5.56 Å². The van der Waals surface area contributed by atoms with Crippen molar-refractivity contribution in [3.63, 3.8) is 0 Å². The number of aromatic amines is 1. The predicted molar refractivity (Wildman–Crippen MR) is 49.8 cm³/mol. The molecule has 0 bridgehead atoms. The van der Waals surface area contributed by atoms with Crippen LogP contribution in [-0.2, 0) is 0 Å². The van der Waals surface area contributed by atoms with Gasteiger partial charge in [0.25, 0.3) is 5.56 Å². The second kappa shape index (κ2) is 2.87. The third-order valence-electron chi connectivity index (χ3n) is 1.36. The molecule has 12 heavy (non-hydrogen) atoms. The smallest absolute Gasteiger partial charge is 0.278 e. The lowest BCUT2D eigenvalue weighted by Gasteiger charge is -1.81. The van der Waals surface area contributed by atoms with Crippen LogP contribution in [0.25, 0.3) is 10.3 Å². The fourth-order valence-electron chi connectivity index (χ4n) is 0.834. The van der Waals surface area contributed by atoms with Gasteiger partial charge in [0, 0.05) is 0 Å². The second-order valence-corrected chi connectivity index (χ2v) is 4.10. The van der Waals surface area contributed by atoms with E-state index >= 15 is 0 Å². The van der Waals surface area contributed by atoms with E-state index in [0.717, 1.165) is 4.34 Å². The van der Waals surface area contributed by atoms with Crippen LogP contribution in [0, 0.1) is 0 Å². The fraction of sp³-hybridized carbons (Fsp3) is 0.167. The third-order valence-corrected chi connectivity index (χ3v) is 3.31. The van der Waals surface area contributed by atoms with Crippen molar-refractivity contribution in [3.05, 3.63) is 16.7 Å². The van der Waals surface area contributed by atoms with Crippen molar-refractivity contribution < 1.29 is 0 Å². The summed E-state index contributed by atoms with van der Waals surface area (Å²) in [5.41, 5.74) is 0.267. The second-order valence-electron chi connectivity index (χ2n) is 2.07. The van der Waals surface area contributed by atoms with Gasteiger partial charge in [0.2, 0.25) is 0 Å². The zero-order valence-corrected chi connectivity index (χ0v) is 7.83. The van der Waals surface area contributed by atoms with Crippen LogP contribution in [0.5, 0.6) is 0 Å². The molecule has 0 saturated heterocycles. The summed E-state index contributed by atoms with van der Waals surface area (Å²) in [4.78, 5) is 22.4. The van der Waals surface area contributed by atoms with Crippen molar-refractivity contribution in [1.82, 2.24) is 15.0 Å². The van der Waals surface area contributed by atoms with Crippen LogP contribution in [-0.4, -0.2) is 21.2 Å². The molecule has 2 aromatic heterocycles. The average molecular weight is 199 g/mol. The van der Waals surface area contributed by atoms with Gasteiger partial charge in [-0.3, -0.25) is 4.79 Å². The molecule has 0 spiro atoms. The van der Waals surface area contributed by atoms with E-state index in [4.69, 9.17) is 0 Å². The molecule has 0 aliphatic heterocycles. The summed E-state index contributed by atoms with van der Waals surface area (Å²) < 4.78 is 0.870. The summed E-state index contributed by atoms with van der Waals surface area (Å²) in [6.45, 7) is 0. The van der Waals surface area contributed by atoms with Gasteiger partial charge in [-0.15, -0.1) is 0 Å². The van der Waals surface area contributed by atoms with Crippen LogP contribution in [0.4, 0.5) is 0 Å². The van der Waals surface area contributed by atoms with Gasteiger partial charge in [0.15, 0.2) is 14.7 Å². The van der Waals surface area contributed by atoms with Crippen LogP contribution >= 0.6 is 23.1 Å². The first kappa shape index (κ1) is 7.75. The maximum atomic E-state index is 11.1. The number of fused-ring (bicyclic) bond motifs is 1. The molecule has 1 N–H and O–H groups in total. The van der Waals surface area contributed by atoms with Crippen molar-refractivity contribution in [3.8, 4) is 0 Å². The van der Waals surface area contributed by atoms with Crippen LogP contribution in [0.1, 0.15) is 0 Å². The van der Waals surface area contributed by atoms with Gasteiger partial charge in [-0.05, 0) is 6.26 Å². The first-order valence-corrected chi connectivity index (χ1v) is 5.23. The number of hydrogen-bond acceptors (Lipinski definition) is 5. The third kappa shape index (κ3) is 1.12. The van der Waals surface area contributed by atoms with Gasteiger partial charge >= 0.3 is 0 Å². The first-order valence-electron chi connectivity index (χ1n) is 3.19. The Morgan fingerprint density at radius 2 is 2.50 bits per heavy atom. The zero-order valence-electron chi connectivity index (χ0n) is 6.20. The van der Waals surface area contributed by atoms with Crippen molar-refractivity contribution in [2.45, 2.75) is 4.34 Å². The molecule has 2 rings (SSSR count). The number of nitrogens with zero attached hydrogens (tertiary/aromatic N) is 2. The van der Waals surface area contributed by atoms with E-state index < -0.39 is 0 Å². The molecule has 0 fully saturated rings. The van der Waals surface area contributed by atoms with Gasteiger partial charge in [0.1, 0.15) is 0 Å². The van der Waals surface area contributed by atoms with Crippen LogP contribution in [0.2, 0.25) is 0 Å². The standard InChI is InChI=1S/C6H5N3OS2/c1-11-6-9-3-4(10)7-2-8-5(3)12-6/h2H,1H3,(H,7,8,10). The van der Waals surface area contributed by atoms with E-state index in [1.54, 1.807) is 0 Å². The number of thioether (sulfide) groups is 1. The summed E-state index contributed by atoms with van der Waals surface area (Å²) in [7, 11) is 0. The fourth-order valence-corrected chi connectivity index (χ4v) is 2.23. The summed E-state index contributed by atoms with van der Waals surface area (Å²) in [5.74, 6) is 0. The quantitative estimate of drug-likeness (QED) is 0.699. The van der Waals surface area contributed by atoms with E-state index in [2.05, 4.69) is 15.0 Å². The number of nitrogens with one attached hydrogen (secondary N) is 1. The summed E-state index contributed by atoms with van der Waals surface area (Å²) in [6.07, 6.45) is 3.32. The topological polar surface area (TPSA) is 58.6 Å². The molecular formula is C6H5N3OS2. The number of rotatable bonds is 1. The molecule has 0 aliphatic carbocycles. The Morgan fingerprint density at radius 1 is 1.67 bits per heavy atom. The Morgan fingerprint density at radius 3 is 3.17 bits per heavy atom. The predicted octanol–water partition coefficient (Wildman–Crippen LogP) is 1.10. The highest BCUT2D eigenvalue weighted by molar-refractivity contribution is 8.00.